The summed E-state index contributed by atoms with van der Waals surface area (Å²) in [5.74, 6) is -0.224. The van der Waals surface area contributed by atoms with Gasteiger partial charge in [0.05, 0.1) is 0 Å². The average Bonchev–Trinajstić information content (AvgIpc) is 2.53. The van der Waals surface area contributed by atoms with Crippen LogP contribution in [-0.4, -0.2) is 54.4 Å². The normalized spacial score (nSPS) is 22.1. The van der Waals surface area contributed by atoms with Crippen LogP contribution in [0.25, 0.3) is 0 Å². The molecule has 1 fully saturated rings. The second kappa shape index (κ2) is 8.25. The van der Waals surface area contributed by atoms with Gasteiger partial charge in [-0.3, -0.25) is 4.79 Å². The molecular weight excluding hydrogens is 283 g/mol. The first-order valence-electron chi connectivity index (χ1n) is 7.98. The van der Waals surface area contributed by atoms with Gasteiger partial charge in [-0.2, -0.15) is 0 Å². The average molecular weight is 308 g/mol. The Morgan fingerprint density at radius 3 is 2.82 bits per heavy atom. The number of halogens is 1. The number of aliphatic hydroxyl groups is 1. The monoisotopic (exact) mass is 308 g/mol. The highest BCUT2D eigenvalue weighted by atomic mass is 19.1. The van der Waals surface area contributed by atoms with Crippen molar-refractivity contribution in [2.24, 2.45) is 0 Å². The molecule has 22 heavy (non-hydrogen) atoms. The molecule has 0 aromatic heterocycles. The van der Waals surface area contributed by atoms with Gasteiger partial charge in [0, 0.05) is 26.2 Å². The minimum atomic E-state index is -1.37. The number of amides is 1. The van der Waals surface area contributed by atoms with E-state index in [-0.39, 0.29) is 19.0 Å². The van der Waals surface area contributed by atoms with Gasteiger partial charge >= 0.3 is 0 Å². The Balaban J connectivity index is 1.82. The molecule has 1 atom stereocenters. The molecule has 1 heterocycles. The van der Waals surface area contributed by atoms with Crippen LogP contribution in [0.3, 0.4) is 0 Å². The predicted molar refractivity (Wildman–Crippen MR) is 84.4 cm³/mol. The maximum Gasteiger partial charge on any atom is 0.255 e. The Morgan fingerprint density at radius 1 is 1.32 bits per heavy atom. The van der Waals surface area contributed by atoms with Crippen molar-refractivity contribution in [3.8, 4) is 0 Å². The molecule has 5 heteroatoms. The Hall–Kier alpha value is -1.46. The number of carbonyl (C=O) groups excluding carboxylic acids is 1. The molecule has 1 amide bonds. The Bertz CT molecular complexity index is 469. The SMILES string of the molecule is O=C1N(CCCc2ccccc2)CCC[C@]1(O)CNCCF. The van der Waals surface area contributed by atoms with Crippen LogP contribution in [-0.2, 0) is 11.2 Å². The third-order valence-electron chi connectivity index (χ3n) is 4.13. The number of nitrogens with one attached hydrogen (secondary N) is 1. The van der Waals surface area contributed by atoms with E-state index in [0.29, 0.717) is 19.5 Å². The lowest BCUT2D eigenvalue weighted by atomic mass is 9.91. The number of aryl methyl sites for hydroxylation is 1. The second-order valence-corrected chi connectivity index (χ2v) is 5.88. The third kappa shape index (κ3) is 4.52. The lowest BCUT2D eigenvalue weighted by Crippen LogP contribution is -2.58. The van der Waals surface area contributed by atoms with E-state index in [4.69, 9.17) is 0 Å². The molecule has 0 unspecified atom stereocenters. The summed E-state index contributed by atoms with van der Waals surface area (Å²) in [6, 6.07) is 10.2. The molecule has 122 valence electrons. The summed E-state index contributed by atoms with van der Waals surface area (Å²) in [4.78, 5) is 14.2. The van der Waals surface area contributed by atoms with E-state index in [1.54, 1.807) is 4.90 Å². The van der Waals surface area contributed by atoms with Crippen LogP contribution in [0.1, 0.15) is 24.8 Å². The van der Waals surface area contributed by atoms with Crippen molar-refractivity contribution < 1.29 is 14.3 Å². The molecule has 0 aliphatic carbocycles. The van der Waals surface area contributed by atoms with Gasteiger partial charge in [-0.1, -0.05) is 30.3 Å². The molecule has 1 aromatic rings. The topological polar surface area (TPSA) is 52.6 Å². The lowest BCUT2D eigenvalue weighted by Gasteiger charge is -2.38. The first kappa shape index (κ1) is 16.9. The fourth-order valence-electron chi connectivity index (χ4n) is 2.92. The second-order valence-electron chi connectivity index (χ2n) is 5.88. The summed E-state index contributed by atoms with van der Waals surface area (Å²) in [6.45, 7) is 1.15. The number of nitrogens with zero attached hydrogens (tertiary/aromatic N) is 1. The molecule has 4 nitrogen and oxygen atoms in total. The van der Waals surface area contributed by atoms with Crippen molar-refractivity contribution in [3.63, 3.8) is 0 Å². The highest BCUT2D eigenvalue weighted by Crippen LogP contribution is 2.22. The van der Waals surface area contributed by atoms with Gasteiger partial charge in [-0.25, -0.2) is 4.39 Å². The van der Waals surface area contributed by atoms with Crippen molar-refractivity contribution in [3.05, 3.63) is 35.9 Å². The number of hydrogen-bond donors (Lipinski definition) is 2. The van der Waals surface area contributed by atoms with E-state index in [9.17, 15) is 14.3 Å². The first-order chi connectivity index (χ1) is 10.7. The van der Waals surface area contributed by atoms with Crippen LogP contribution in [0.4, 0.5) is 4.39 Å². The fraction of sp³-hybridized carbons (Fsp3) is 0.588. The van der Waals surface area contributed by atoms with Crippen LogP contribution in [0, 0.1) is 0 Å². The Kier molecular flexibility index (Phi) is 6.34. The molecule has 0 bridgehead atoms. The zero-order valence-electron chi connectivity index (χ0n) is 12.9. The molecule has 2 N–H and O–H groups in total. The summed E-state index contributed by atoms with van der Waals surface area (Å²) >= 11 is 0. The van der Waals surface area contributed by atoms with Gasteiger partial charge < -0.3 is 15.3 Å². The van der Waals surface area contributed by atoms with Crippen LogP contribution in [0.2, 0.25) is 0 Å². The minimum Gasteiger partial charge on any atom is -0.379 e. The summed E-state index contributed by atoms with van der Waals surface area (Å²) in [5.41, 5.74) is -0.119. The predicted octanol–water partition coefficient (Wildman–Crippen LogP) is 1.53. The quantitative estimate of drug-likeness (QED) is 0.716. The zero-order chi connectivity index (χ0) is 15.8. The van der Waals surface area contributed by atoms with E-state index < -0.39 is 12.3 Å². The number of carbonyl (C=O) groups is 1. The molecular formula is C17H25FN2O2. The maximum absolute atomic E-state index is 12.4. The van der Waals surface area contributed by atoms with Gasteiger partial charge in [0.2, 0.25) is 0 Å². The number of rotatable bonds is 8. The lowest BCUT2D eigenvalue weighted by molar-refractivity contribution is -0.156. The van der Waals surface area contributed by atoms with Crippen molar-refractivity contribution in [1.29, 1.82) is 0 Å². The summed E-state index contributed by atoms with van der Waals surface area (Å²) in [6.07, 6.45) is 3.03. The molecule has 1 aliphatic rings. The smallest absolute Gasteiger partial charge is 0.255 e. The van der Waals surface area contributed by atoms with E-state index in [1.807, 2.05) is 18.2 Å². The standard InChI is InChI=1S/C17H25FN2O2/c18-10-11-19-14-17(22)9-5-13-20(16(17)21)12-4-8-15-6-2-1-3-7-15/h1-3,6-7,19,22H,4-5,8-14H2/t17-/m0/s1. The number of likely N-dealkylation sites (tertiary alicyclic amines) is 1. The minimum absolute atomic E-state index is 0.130. The number of hydrogen-bond acceptors (Lipinski definition) is 3. The van der Waals surface area contributed by atoms with Gasteiger partial charge in [-0.05, 0) is 31.2 Å². The number of alkyl halides is 1. The molecule has 1 aromatic carbocycles. The Labute approximate surface area is 131 Å². The number of benzene rings is 1. The fourth-order valence-corrected chi connectivity index (χ4v) is 2.92. The van der Waals surface area contributed by atoms with Crippen LogP contribution < -0.4 is 5.32 Å². The molecule has 1 aliphatic heterocycles. The van der Waals surface area contributed by atoms with Gasteiger partial charge in [0.1, 0.15) is 6.67 Å². The van der Waals surface area contributed by atoms with E-state index in [0.717, 1.165) is 19.3 Å². The zero-order valence-corrected chi connectivity index (χ0v) is 12.9. The summed E-state index contributed by atoms with van der Waals surface area (Å²) < 4.78 is 12.1. The molecule has 0 radical (unpaired) electrons. The molecule has 2 rings (SSSR count). The van der Waals surface area contributed by atoms with Crippen molar-refractivity contribution in [1.82, 2.24) is 10.2 Å². The summed E-state index contributed by atoms with van der Waals surface area (Å²) in [7, 11) is 0. The van der Waals surface area contributed by atoms with E-state index in [2.05, 4.69) is 17.4 Å². The Morgan fingerprint density at radius 2 is 2.09 bits per heavy atom. The maximum atomic E-state index is 12.4. The highest BCUT2D eigenvalue weighted by Gasteiger charge is 2.41. The van der Waals surface area contributed by atoms with Crippen LogP contribution in [0.15, 0.2) is 30.3 Å². The molecule has 0 spiro atoms. The van der Waals surface area contributed by atoms with Crippen molar-refractivity contribution >= 4 is 5.91 Å². The third-order valence-corrected chi connectivity index (χ3v) is 4.13. The van der Waals surface area contributed by atoms with Gasteiger partial charge in [0.15, 0.2) is 5.60 Å². The van der Waals surface area contributed by atoms with Gasteiger partial charge in [0.25, 0.3) is 5.91 Å². The highest BCUT2D eigenvalue weighted by molar-refractivity contribution is 5.86. The number of piperidine rings is 1. The van der Waals surface area contributed by atoms with Gasteiger partial charge in [-0.15, -0.1) is 0 Å². The largest absolute Gasteiger partial charge is 0.379 e. The van der Waals surface area contributed by atoms with E-state index >= 15 is 0 Å². The van der Waals surface area contributed by atoms with Crippen molar-refractivity contribution in [2.45, 2.75) is 31.3 Å². The first-order valence-corrected chi connectivity index (χ1v) is 7.98. The summed E-state index contributed by atoms with van der Waals surface area (Å²) in [5, 5.41) is 13.3. The van der Waals surface area contributed by atoms with Crippen molar-refractivity contribution in [2.75, 3.05) is 32.9 Å². The van der Waals surface area contributed by atoms with E-state index in [1.165, 1.54) is 5.56 Å². The molecule has 0 saturated carbocycles. The van der Waals surface area contributed by atoms with Crippen LogP contribution >= 0.6 is 0 Å². The molecule has 1 saturated heterocycles. The van der Waals surface area contributed by atoms with Crippen LogP contribution in [0.5, 0.6) is 0 Å².